The molecule has 0 fully saturated rings. The molecule has 1 aliphatic heterocycles. The summed E-state index contributed by atoms with van der Waals surface area (Å²) in [5.41, 5.74) is 2.00. The summed E-state index contributed by atoms with van der Waals surface area (Å²) in [6.07, 6.45) is -0.503. The zero-order valence-corrected chi connectivity index (χ0v) is 14.4. The van der Waals surface area contributed by atoms with Gasteiger partial charge in [-0.3, -0.25) is 9.59 Å². The minimum absolute atomic E-state index is 0.0698. The summed E-state index contributed by atoms with van der Waals surface area (Å²) in [4.78, 5) is 26.3. The quantitative estimate of drug-likeness (QED) is 0.782. The number of hydrogen-bond donors (Lipinski definition) is 0. The van der Waals surface area contributed by atoms with Gasteiger partial charge in [-0.25, -0.2) is 4.39 Å². The molecule has 0 spiro atoms. The van der Waals surface area contributed by atoms with Crippen LogP contribution in [0.2, 0.25) is 5.02 Å². The Balaban J connectivity index is 1.65. The Labute approximate surface area is 150 Å². The number of benzene rings is 2. The van der Waals surface area contributed by atoms with Crippen LogP contribution in [0.1, 0.15) is 18.1 Å². The number of halogens is 2. The zero-order valence-electron chi connectivity index (χ0n) is 13.7. The molecule has 0 aliphatic carbocycles. The Hall–Kier alpha value is -2.40. The number of fused-ring (bicyclic) bond motifs is 1. The van der Waals surface area contributed by atoms with E-state index in [1.807, 2.05) is 24.3 Å². The lowest BCUT2D eigenvalue weighted by molar-refractivity contribution is -0.153. The molecule has 0 saturated heterocycles. The zero-order chi connectivity index (χ0) is 18.0. The maximum Gasteiger partial charge on any atom is 0.311 e. The lowest BCUT2D eigenvalue weighted by atomic mass is 10.1. The van der Waals surface area contributed by atoms with E-state index in [-0.39, 0.29) is 22.9 Å². The van der Waals surface area contributed by atoms with Crippen LogP contribution in [0.15, 0.2) is 42.5 Å². The van der Waals surface area contributed by atoms with Crippen LogP contribution in [-0.4, -0.2) is 24.5 Å². The van der Waals surface area contributed by atoms with Crippen molar-refractivity contribution in [3.8, 4) is 0 Å². The number of hydrogen-bond acceptors (Lipinski definition) is 3. The van der Waals surface area contributed by atoms with Crippen LogP contribution in [-0.2, 0) is 27.2 Å². The van der Waals surface area contributed by atoms with E-state index < -0.39 is 17.9 Å². The third kappa shape index (κ3) is 3.66. The minimum atomic E-state index is -0.954. The topological polar surface area (TPSA) is 46.6 Å². The van der Waals surface area contributed by atoms with Crippen molar-refractivity contribution in [1.29, 1.82) is 0 Å². The second-order valence-corrected chi connectivity index (χ2v) is 6.28. The number of nitrogens with zero attached hydrogens (tertiary/aromatic N) is 1. The number of rotatable bonds is 4. The number of ether oxygens (including phenoxy) is 1. The van der Waals surface area contributed by atoms with Gasteiger partial charge in [-0.1, -0.05) is 35.9 Å². The monoisotopic (exact) mass is 361 g/mol. The fourth-order valence-corrected chi connectivity index (χ4v) is 3.15. The predicted octanol–water partition coefficient (Wildman–Crippen LogP) is 3.54. The van der Waals surface area contributed by atoms with Gasteiger partial charge in [0.1, 0.15) is 5.82 Å². The van der Waals surface area contributed by atoms with Crippen molar-refractivity contribution in [3.63, 3.8) is 0 Å². The predicted molar refractivity (Wildman–Crippen MR) is 93.2 cm³/mol. The summed E-state index contributed by atoms with van der Waals surface area (Å²) in [5, 5.41) is 0.157. The number of carbonyl (C=O) groups excluding carboxylic acids is 2. The van der Waals surface area contributed by atoms with E-state index in [1.54, 1.807) is 4.90 Å². The SMILES string of the molecule is CC(OC(=O)Cc1c(F)cccc1Cl)C(=O)N1CCc2ccccc21. The molecule has 25 heavy (non-hydrogen) atoms. The van der Waals surface area contributed by atoms with Gasteiger partial charge in [0, 0.05) is 22.8 Å². The first-order valence-electron chi connectivity index (χ1n) is 7.99. The van der Waals surface area contributed by atoms with Gasteiger partial charge >= 0.3 is 5.97 Å². The Morgan fingerprint density at radius 1 is 1.24 bits per heavy atom. The van der Waals surface area contributed by atoms with E-state index in [0.717, 1.165) is 17.7 Å². The number of para-hydroxylation sites is 1. The molecule has 1 unspecified atom stereocenters. The smallest absolute Gasteiger partial charge is 0.311 e. The minimum Gasteiger partial charge on any atom is -0.452 e. The van der Waals surface area contributed by atoms with Crippen molar-refractivity contribution in [2.75, 3.05) is 11.4 Å². The first-order valence-corrected chi connectivity index (χ1v) is 8.37. The van der Waals surface area contributed by atoms with E-state index in [0.29, 0.717) is 6.54 Å². The molecule has 1 aliphatic rings. The van der Waals surface area contributed by atoms with E-state index >= 15 is 0 Å². The van der Waals surface area contributed by atoms with Crippen LogP contribution in [0.3, 0.4) is 0 Å². The van der Waals surface area contributed by atoms with E-state index in [4.69, 9.17) is 16.3 Å². The van der Waals surface area contributed by atoms with Crippen LogP contribution in [0.4, 0.5) is 10.1 Å². The fraction of sp³-hybridized carbons (Fsp3) is 0.263. The third-order valence-corrected chi connectivity index (χ3v) is 4.55. The van der Waals surface area contributed by atoms with Crippen molar-refractivity contribution >= 4 is 29.2 Å². The molecule has 4 nitrogen and oxygen atoms in total. The standard InChI is InChI=1S/C19H17ClFNO3/c1-12(19(24)22-10-9-13-5-2-3-8-17(13)22)25-18(23)11-14-15(20)6-4-7-16(14)21/h2-8,12H,9-11H2,1H3. The summed E-state index contributed by atoms with van der Waals surface area (Å²) in [7, 11) is 0. The molecule has 1 atom stereocenters. The first kappa shape index (κ1) is 17.4. The summed E-state index contributed by atoms with van der Waals surface area (Å²) in [6.45, 7) is 2.07. The summed E-state index contributed by atoms with van der Waals surface area (Å²) < 4.78 is 18.9. The molecule has 130 valence electrons. The van der Waals surface area contributed by atoms with Crippen LogP contribution >= 0.6 is 11.6 Å². The highest BCUT2D eigenvalue weighted by Gasteiger charge is 2.30. The highest BCUT2D eigenvalue weighted by Crippen LogP contribution is 2.28. The van der Waals surface area contributed by atoms with E-state index in [2.05, 4.69) is 0 Å². The molecular formula is C19H17ClFNO3. The molecule has 2 aromatic rings. The van der Waals surface area contributed by atoms with Gasteiger partial charge in [0.25, 0.3) is 5.91 Å². The normalized spacial score (nSPS) is 14.1. The van der Waals surface area contributed by atoms with E-state index in [9.17, 15) is 14.0 Å². The molecule has 2 aromatic carbocycles. The van der Waals surface area contributed by atoms with Gasteiger partial charge in [-0.2, -0.15) is 0 Å². The van der Waals surface area contributed by atoms with Gasteiger partial charge in [0.15, 0.2) is 6.10 Å². The molecule has 0 N–H and O–H groups in total. The van der Waals surface area contributed by atoms with Gasteiger partial charge < -0.3 is 9.64 Å². The second kappa shape index (κ2) is 7.23. The largest absolute Gasteiger partial charge is 0.452 e. The van der Waals surface area contributed by atoms with Crippen LogP contribution in [0.5, 0.6) is 0 Å². The van der Waals surface area contributed by atoms with Crippen molar-refractivity contribution in [2.24, 2.45) is 0 Å². The summed E-state index contributed by atoms with van der Waals surface area (Å²) >= 11 is 5.91. The average Bonchev–Trinajstić information content (AvgIpc) is 3.01. The lowest BCUT2D eigenvalue weighted by Crippen LogP contribution is -2.39. The van der Waals surface area contributed by atoms with E-state index in [1.165, 1.54) is 25.1 Å². The Morgan fingerprint density at radius 2 is 2.00 bits per heavy atom. The number of amides is 1. The van der Waals surface area contributed by atoms with Crippen molar-refractivity contribution in [3.05, 3.63) is 64.4 Å². The van der Waals surface area contributed by atoms with Crippen LogP contribution < -0.4 is 4.90 Å². The first-order chi connectivity index (χ1) is 12.0. The van der Waals surface area contributed by atoms with Crippen molar-refractivity contribution < 1.29 is 18.7 Å². The van der Waals surface area contributed by atoms with Crippen molar-refractivity contribution in [1.82, 2.24) is 0 Å². The average molecular weight is 362 g/mol. The summed E-state index contributed by atoms with van der Waals surface area (Å²) in [5.74, 6) is -1.56. The molecule has 0 saturated carbocycles. The number of esters is 1. The van der Waals surface area contributed by atoms with Gasteiger partial charge in [0.2, 0.25) is 0 Å². The maximum atomic E-state index is 13.8. The molecule has 0 bridgehead atoms. The fourth-order valence-electron chi connectivity index (χ4n) is 2.92. The number of carbonyl (C=O) groups is 2. The molecule has 0 aromatic heterocycles. The highest BCUT2D eigenvalue weighted by atomic mass is 35.5. The third-order valence-electron chi connectivity index (χ3n) is 4.19. The molecule has 6 heteroatoms. The Bertz CT molecular complexity index is 804. The molecule has 0 radical (unpaired) electrons. The van der Waals surface area contributed by atoms with Gasteiger partial charge in [-0.05, 0) is 37.1 Å². The van der Waals surface area contributed by atoms with Gasteiger partial charge in [0.05, 0.1) is 6.42 Å². The number of anilines is 1. The van der Waals surface area contributed by atoms with Crippen LogP contribution in [0.25, 0.3) is 0 Å². The summed E-state index contributed by atoms with van der Waals surface area (Å²) in [6, 6.07) is 11.8. The molecule has 3 rings (SSSR count). The Morgan fingerprint density at radius 3 is 2.76 bits per heavy atom. The molecule has 1 heterocycles. The highest BCUT2D eigenvalue weighted by molar-refractivity contribution is 6.31. The van der Waals surface area contributed by atoms with Crippen molar-refractivity contribution in [2.45, 2.75) is 25.9 Å². The molecule has 1 amide bonds. The lowest BCUT2D eigenvalue weighted by Gasteiger charge is -2.21. The second-order valence-electron chi connectivity index (χ2n) is 5.88. The van der Waals surface area contributed by atoms with Crippen LogP contribution in [0, 0.1) is 5.82 Å². The maximum absolute atomic E-state index is 13.8. The molecular weight excluding hydrogens is 345 g/mol. The Kier molecular flexibility index (Phi) is 5.04. The van der Waals surface area contributed by atoms with Gasteiger partial charge in [-0.15, -0.1) is 0 Å².